The van der Waals surface area contributed by atoms with Crippen molar-refractivity contribution in [1.29, 1.82) is 0 Å². The van der Waals surface area contributed by atoms with Crippen LogP contribution in [0.3, 0.4) is 0 Å². The van der Waals surface area contributed by atoms with Gasteiger partial charge in [0.15, 0.2) is 5.58 Å². The van der Waals surface area contributed by atoms with Crippen molar-refractivity contribution in [3.8, 4) is 0 Å². The predicted molar refractivity (Wildman–Crippen MR) is 56.8 cm³/mol. The van der Waals surface area contributed by atoms with Crippen LogP contribution in [0.4, 0.5) is 10.4 Å². The Balaban J connectivity index is 1.89. The molecule has 0 radical (unpaired) electrons. The molecule has 0 unspecified atom stereocenters. The molecule has 1 aromatic carbocycles. The molecule has 0 bridgehead atoms. The summed E-state index contributed by atoms with van der Waals surface area (Å²) in [6.07, 6.45) is 0. The molecule has 4 nitrogen and oxygen atoms in total. The monoisotopic (exact) mass is 222 g/mol. The third kappa shape index (κ3) is 1.44. The zero-order chi connectivity index (χ0) is 11.1. The highest BCUT2D eigenvalue weighted by atomic mass is 19.1. The maximum Gasteiger partial charge on any atom is 0.298 e. The summed E-state index contributed by atoms with van der Waals surface area (Å²) in [6, 6.07) is 4.78. The Labute approximate surface area is 91.3 Å². The fourth-order valence-corrected chi connectivity index (χ4v) is 1.87. The normalized spacial score (nSPS) is 16.8. The lowest BCUT2D eigenvalue weighted by Crippen LogP contribution is -2.48. The molecule has 84 valence electrons. The lowest BCUT2D eigenvalue weighted by molar-refractivity contribution is 0.196. The Bertz CT molecular complexity index is 520. The molecule has 2 heterocycles. The van der Waals surface area contributed by atoms with Gasteiger partial charge in [0.05, 0.1) is 0 Å². The first-order valence-corrected chi connectivity index (χ1v) is 5.18. The Morgan fingerprint density at radius 1 is 1.50 bits per heavy atom. The van der Waals surface area contributed by atoms with Gasteiger partial charge in [0.25, 0.3) is 6.01 Å². The second-order valence-corrected chi connectivity index (χ2v) is 4.06. The van der Waals surface area contributed by atoms with Gasteiger partial charge in [0.1, 0.15) is 11.3 Å². The molecule has 3 rings (SSSR count). The summed E-state index contributed by atoms with van der Waals surface area (Å²) in [5.74, 6) is -0.0176. The number of aliphatic hydroxyl groups is 1. The Morgan fingerprint density at radius 2 is 2.31 bits per heavy atom. The number of hydrogen-bond donors (Lipinski definition) is 1. The molecular weight excluding hydrogens is 211 g/mol. The van der Waals surface area contributed by atoms with E-state index in [0.717, 1.165) is 13.1 Å². The van der Waals surface area contributed by atoms with Crippen molar-refractivity contribution in [2.24, 2.45) is 5.92 Å². The topological polar surface area (TPSA) is 49.5 Å². The first-order chi connectivity index (χ1) is 7.76. The second kappa shape index (κ2) is 3.45. The van der Waals surface area contributed by atoms with Gasteiger partial charge in [-0.2, -0.15) is 4.98 Å². The molecule has 1 saturated heterocycles. The van der Waals surface area contributed by atoms with E-state index < -0.39 is 0 Å². The number of benzene rings is 1. The minimum atomic E-state index is -0.316. The molecular formula is C11H11FN2O2. The largest absolute Gasteiger partial charge is 0.423 e. The van der Waals surface area contributed by atoms with E-state index in [4.69, 9.17) is 9.52 Å². The van der Waals surface area contributed by atoms with E-state index in [1.54, 1.807) is 6.07 Å². The highest BCUT2D eigenvalue weighted by Crippen LogP contribution is 2.27. The maximum atomic E-state index is 12.9. The summed E-state index contributed by atoms with van der Waals surface area (Å²) in [5.41, 5.74) is 1.12. The molecule has 1 aliphatic heterocycles. The molecule has 1 N–H and O–H groups in total. The molecule has 1 fully saturated rings. The average molecular weight is 222 g/mol. The van der Waals surface area contributed by atoms with Crippen molar-refractivity contribution < 1.29 is 13.9 Å². The number of oxazole rings is 1. The van der Waals surface area contributed by atoms with Gasteiger partial charge in [0, 0.05) is 31.7 Å². The van der Waals surface area contributed by atoms with Crippen LogP contribution in [0.25, 0.3) is 11.1 Å². The second-order valence-electron chi connectivity index (χ2n) is 4.06. The third-order valence-electron chi connectivity index (χ3n) is 2.82. The van der Waals surface area contributed by atoms with Gasteiger partial charge in [-0.3, -0.25) is 0 Å². The van der Waals surface area contributed by atoms with E-state index in [9.17, 15) is 4.39 Å². The number of fused-ring (bicyclic) bond motifs is 1. The number of aliphatic hydroxyl groups excluding tert-OH is 1. The molecule has 2 aromatic rings. The van der Waals surface area contributed by atoms with Crippen molar-refractivity contribution in [2.45, 2.75) is 0 Å². The molecule has 0 amide bonds. The summed E-state index contributed by atoms with van der Waals surface area (Å²) in [7, 11) is 0. The van der Waals surface area contributed by atoms with Crippen molar-refractivity contribution in [1.82, 2.24) is 4.98 Å². The fourth-order valence-electron chi connectivity index (χ4n) is 1.87. The van der Waals surface area contributed by atoms with Crippen LogP contribution in [0.5, 0.6) is 0 Å². The van der Waals surface area contributed by atoms with Crippen molar-refractivity contribution in [3.63, 3.8) is 0 Å². The summed E-state index contributed by atoms with van der Waals surface area (Å²) in [4.78, 5) is 6.13. The highest BCUT2D eigenvalue weighted by molar-refractivity contribution is 5.74. The minimum absolute atomic E-state index is 0.186. The van der Waals surface area contributed by atoms with Crippen LogP contribution in [-0.2, 0) is 0 Å². The zero-order valence-electron chi connectivity index (χ0n) is 8.56. The first-order valence-electron chi connectivity index (χ1n) is 5.18. The average Bonchev–Trinajstić information content (AvgIpc) is 2.58. The van der Waals surface area contributed by atoms with E-state index >= 15 is 0 Å². The number of nitrogens with zero attached hydrogens (tertiary/aromatic N) is 2. The number of halogens is 1. The Hall–Kier alpha value is -1.62. The third-order valence-corrected chi connectivity index (χ3v) is 2.82. The number of aromatic nitrogens is 1. The molecule has 0 saturated carbocycles. The van der Waals surface area contributed by atoms with Crippen LogP contribution >= 0.6 is 0 Å². The Kier molecular flexibility index (Phi) is 2.07. The highest BCUT2D eigenvalue weighted by Gasteiger charge is 2.29. The number of rotatable bonds is 2. The van der Waals surface area contributed by atoms with Gasteiger partial charge in [-0.05, 0) is 12.1 Å². The van der Waals surface area contributed by atoms with Crippen LogP contribution in [0, 0.1) is 11.7 Å². The lowest BCUT2D eigenvalue weighted by atomic mass is 10.0. The number of hydrogen-bond acceptors (Lipinski definition) is 4. The van der Waals surface area contributed by atoms with E-state index in [2.05, 4.69) is 4.98 Å². The fraction of sp³-hybridized carbons (Fsp3) is 0.364. The van der Waals surface area contributed by atoms with Gasteiger partial charge in [-0.25, -0.2) is 4.39 Å². The summed E-state index contributed by atoms with van der Waals surface area (Å²) in [5, 5.41) is 8.90. The van der Waals surface area contributed by atoms with Crippen LogP contribution in [0.15, 0.2) is 22.6 Å². The van der Waals surface area contributed by atoms with Crippen molar-refractivity contribution in [2.75, 3.05) is 24.6 Å². The van der Waals surface area contributed by atoms with Gasteiger partial charge in [-0.1, -0.05) is 0 Å². The van der Waals surface area contributed by atoms with Crippen LogP contribution in [0.1, 0.15) is 0 Å². The summed E-state index contributed by atoms with van der Waals surface area (Å²) < 4.78 is 18.4. The smallest absolute Gasteiger partial charge is 0.298 e. The quantitative estimate of drug-likeness (QED) is 0.834. The van der Waals surface area contributed by atoms with Gasteiger partial charge >= 0.3 is 0 Å². The standard InChI is InChI=1S/C11H11FN2O2/c12-8-1-2-10-9(3-8)13-11(16-10)14-4-7(5-14)6-15/h1-3,7,15H,4-6H2. The first kappa shape index (κ1) is 9.59. The zero-order valence-corrected chi connectivity index (χ0v) is 8.56. The van der Waals surface area contributed by atoms with E-state index in [1.165, 1.54) is 12.1 Å². The molecule has 0 spiro atoms. The van der Waals surface area contributed by atoms with E-state index in [-0.39, 0.29) is 12.4 Å². The summed E-state index contributed by atoms with van der Waals surface area (Å²) >= 11 is 0. The Morgan fingerprint density at radius 3 is 3.06 bits per heavy atom. The van der Waals surface area contributed by atoms with Crippen LogP contribution in [0.2, 0.25) is 0 Å². The summed E-state index contributed by atoms with van der Waals surface area (Å²) in [6.45, 7) is 1.67. The maximum absolute atomic E-state index is 12.9. The van der Waals surface area contributed by atoms with Crippen molar-refractivity contribution in [3.05, 3.63) is 24.0 Å². The SMILES string of the molecule is OCC1CN(c2nc3cc(F)ccc3o2)C1. The van der Waals surface area contributed by atoms with Gasteiger partial charge in [0.2, 0.25) is 0 Å². The molecule has 5 heteroatoms. The minimum Gasteiger partial charge on any atom is -0.423 e. The predicted octanol–water partition coefficient (Wildman–Crippen LogP) is 1.40. The lowest BCUT2D eigenvalue weighted by Gasteiger charge is -2.36. The van der Waals surface area contributed by atoms with Gasteiger partial charge in [-0.15, -0.1) is 0 Å². The number of anilines is 1. The molecule has 1 aliphatic rings. The molecule has 0 atom stereocenters. The van der Waals surface area contributed by atoms with Crippen LogP contribution in [-0.4, -0.2) is 29.8 Å². The molecule has 0 aliphatic carbocycles. The van der Waals surface area contributed by atoms with Crippen LogP contribution < -0.4 is 4.90 Å². The molecule has 16 heavy (non-hydrogen) atoms. The van der Waals surface area contributed by atoms with E-state index in [0.29, 0.717) is 23.0 Å². The van der Waals surface area contributed by atoms with E-state index in [1.807, 2.05) is 4.90 Å². The van der Waals surface area contributed by atoms with Gasteiger partial charge < -0.3 is 14.4 Å². The molecule has 1 aromatic heterocycles. The van der Waals surface area contributed by atoms with Crippen molar-refractivity contribution >= 4 is 17.1 Å².